The van der Waals surface area contributed by atoms with E-state index >= 15 is 0 Å². The van der Waals surface area contributed by atoms with Crippen molar-refractivity contribution in [2.24, 2.45) is 5.73 Å². The van der Waals surface area contributed by atoms with Crippen LogP contribution in [0.5, 0.6) is 5.75 Å². The Labute approximate surface area is 125 Å². The molecule has 0 heterocycles. The summed E-state index contributed by atoms with van der Waals surface area (Å²) in [4.78, 5) is 13.9. The van der Waals surface area contributed by atoms with E-state index in [0.717, 1.165) is 0 Å². The average Bonchev–Trinajstić information content (AvgIpc) is 2.42. The Hall–Kier alpha value is -1.62. The number of carbonyl (C=O) groups excluding carboxylic acids is 1. The summed E-state index contributed by atoms with van der Waals surface area (Å²) in [5.41, 5.74) is 6.60. The molecule has 1 amide bonds. The quantitative estimate of drug-likeness (QED) is 0.784. The topological polar surface area (TPSA) is 55.6 Å². The van der Waals surface area contributed by atoms with Crippen molar-refractivity contribution in [2.75, 3.05) is 20.2 Å². The zero-order valence-corrected chi connectivity index (χ0v) is 13.1. The molecule has 0 saturated heterocycles. The lowest BCUT2D eigenvalue weighted by Crippen LogP contribution is -2.33. The van der Waals surface area contributed by atoms with Gasteiger partial charge in [-0.05, 0) is 23.6 Å². The third-order valence-electron chi connectivity index (χ3n) is 3.01. The molecule has 0 fully saturated rings. The lowest BCUT2D eigenvalue weighted by atomic mass is 10.0. The second-order valence-corrected chi connectivity index (χ2v) is 5.57. The molecule has 0 spiro atoms. The Morgan fingerprint density at radius 2 is 2.15 bits per heavy atom. The normalized spacial score (nSPS) is 10.4. The molecule has 1 aromatic rings. The van der Waals surface area contributed by atoms with Crippen molar-refractivity contribution in [2.45, 2.75) is 26.2 Å². The summed E-state index contributed by atoms with van der Waals surface area (Å²) in [6, 6.07) is 7.81. The van der Waals surface area contributed by atoms with Gasteiger partial charge in [0.05, 0.1) is 4.99 Å². The number of benzene rings is 1. The molecular formula is C15H22N2O2S. The highest BCUT2D eigenvalue weighted by Gasteiger charge is 2.10. The minimum Gasteiger partial charge on any atom is -0.484 e. The first-order valence-corrected chi connectivity index (χ1v) is 7.06. The zero-order valence-electron chi connectivity index (χ0n) is 12.3. The molecule has 0 aliphatic rings. The first kappa shape index (κ1) is 16.4. The van der Waals surface area contributed by atoms with E-state index in [1.54, 1.807) is 11.9 Å². The van der Waals surface area contributed by atoms with Crippen molar-refractivity contribution >= 4 is 23.1 Å². The number of hydrogen-bond acceptors (Lipinski definition) is 3. The first-order chi connectivity index (χ1) is 9.40. The van der Waals surface area contributed by atoms with Gasteiger partial charge in [0.2, 0.25) is 0 Å². The van der Waals surface area contributed by atoms with Crippen LogP contribution in [-0.4, -0.2) is 36.0 Å². The minimum absolute atomic E-state index is 0.0232. The SMILES string of the molecule is CC(C)c1cccc(OCC(=O)N(C)CCC(N)=S)c1. The number of amides is 1. The van der Waals surface area contributed by atoms with Gasteiger partial charge < -0.3 is 15.4 Å². The van der Waals surface area contributed by atoms with Crippen molar-refractivity contribution in [1.29, 1.82) is 0 Å². The van der Waals surface area contributed by atoms with Crippen LogP contribution in [0.2, 0.25) is 0 Å². The van der Waals surface area contributed by atoms with Crippen LogP contribution < -0.4 is 10.5 Å². The van der Waals surface area contributed by atoms with Gasteiger partial charge in [-0.15, -0.1) is 0 Å². The van der Waals surface area contributed by atoms with E-state index in [0.29, 0.717) is 29.6 Å². The second-order valence-electron chi connectivity index (χ2n) is 5.05. The van der Waals surface area contributed by atoms with Crippen molar-refractivity contribution in [1.82, 2.24) is 4.90 Å². The monoisotopic (exact) mass is 294 g/mol. The number of nitrogens with two attached hydrogens (primary N) is 1. The lowest BCUT2D eigenvalue weighted by molar-refractivity contribution is -0.131. The fourth-order valence-electron chi connectivity index (χ4n) is 1.62. The van der Waals surface area contributed by atoms with Crippen molar-refractivity contribution < 1.29 is 9.53 Å². The van der Waals surface area contributed by atoms with Gasteiger partial charge in [-0.25, -0.2) is 0 Å². The van der Waals surface area contributed by atoms with Crippen LogP contribution in [0.25, 0.3) is 0 Å². The van der Waals surface area contributed by atoms with Crippen LogP contribution in [0, 0.1) is 0 Å². The summed E-state index contributed by atoms with van der Waals surface area (Å²) in [5.74, 6) is 1.06. The van der Waals surface area contributed by atoms with Crippen LogP contribution in [0.4, 0.5) is 0 Å². The van der Waals surface area contributed by atoms with E-state index in [2.05, 4.69) is 13.8 Å². The van der Waals surface area contributed by atoms with Crippen LogP contribution in [-0.2, 0) is 4.79 Å². The number of hydrogen-bond donors (Lipinski definition) is 1. The Kier molecular flexibility index (Phi) is 6.45. The Morgan fingerprint density at radius 3 is 2.75 bits per heavy atom. The summed E-state index contributed by atoms with van der Waals surface area (Å²) in [7, 11) is 1.72. The molecular weight excluding hydrogens is 272 g/mol. The third kappa shape index (κ3) is 5.57. The maximum atomic E-state index is 11.9. The van der Waals surface area contributed by atoms with E-state index in [-0.39, 0.29) is 12.5 Å². The molecule has 0 unspecified atom stereocenters. The van der Waals surface area contributed by atoms with Crippen molar-refractivity contribution in [3.63, 3.8) is 0 Å². The number of nitrogens with zero attached hydrogens (tertiary/aromatic N) is 1. The highest BCUT2D eigenvalue weighted by molar-refractivity contribution is 7.80. The molecule has 2 N–H and O–H groups in total. The van der Waals surface area contributed by atoms with E-state index in [1.807, 2.05) is 24.3 Å². The zero-order chi connectivity index (χ0) is 15.1. The summed E-state index contributed by atoms with van der Waals surface area (Å²) in [6.45, 7) is 4.78. The van der Waals surface area contributed by atoms with E-state index in [4.69, 9.17) is 22.7 Å². The standard InChI is InChI=1S/C15H22N2O2S/c1-11(2)12-5-4-6-13(9-12)19-10-15(18)17(3)8-7-14(16)20/h4-6,9,11H,7-8,10H2,1-3H3,(H2,16,20). The maximum Gasteiger partial charge on any atom is 0.260 e. The fourth-order valence-corrected chi connectivity index (χ4v) is 1.71. The molecule has 0 saturated carbocycles. The summed E-state index contributed by atoms with van der Waals surface area (Å²) >= 11 is 4.79. The number of thiocarbonyl (C=S) groups is 1. The van der Waals surface area contributed by atoms with Gasteiger partial charge in [0.1, 0.15) is 5.75 Å². The molecule has 0 aliphatic carbocycles. The molecule has 0 bridgehead atoms. The molecule has 0 radical (unpaired) electrons. The van der Waals surface area contributed by atoms with Gasteiger partial charge >= 0.3 is 0 Å². The van der Waals surface area contributed by atoms with E-state index in [1.165, 1.54) is 5.56 Å². The summed E-state index contributed by atoms with van der Waals surface area (Å²) in [6.07, 6.45) is 0.528. The number of rotatable bonds is 7. The summed E-state index contributed by atoms with van der Waals surface area (Å²) in [5, 5.41) is 0. The highest BCUT2D eigenvalue weighted by Crippen LogP contribution is 2.20. The molecule has 20 heavy (non-hydrogen) atoms. The smallest absolute Gasteiger partial charge is 0.260 e. The van der Waals surface area contributed by atoms with Gasteiger partial charge in [0.15, 0.2) is 6.61 Å². The number of ether oxygens (including phenoxy) is 1. The summed E-state index contributed by atoms with van der Waals surface area (Å²) < 4.78 is 5.53. The molecule has 110 valence electrons. The predicted molar refractivity (Wildman–Crippen MR) is 85.1 cm³/mol. The van der Waals surface area contributed by atoms with Crippen LogP contribution in [0.15, 0.2) is 24.3 Å². The Balaban J connectivity index is 2.48. The molecule has 0 aliphatic heterocycles. The van der Waals surface area contributed by atoms with E-state index in [9.17, 15) is 4.79 Å². The molecule has 1 rings (SSSR count). The van der Waals surface area contributed by atoms with Gasteiger partial charge in [0, 0.05) is 20.0 Å². The highest BCUT2D eigenvalue weighted by atomic mass is 32.1. The second kappa shape index (κ2) is 7.85. The van der Waals surface area contributed by atoms with Gasteiger partial charge in [-0.3, -0.25) is 4.79 Å². The first-order valence-electron chi connectivity index (χ1n) is 6.65. The molecule has 4 nitrogen and oxygen atoms in total. The van der Waals surface area contributed by atoms with Gasteiger partial charge in [0.25, 0.3) is 5.91 Å². The number of carbonyl (C=O) groups is 1. The molecule has 0 aromatic heterocycles. The third-order valence-corrected chi connectivity index (χ3v) is 3.21. The van der Waals surface area contributed by atoms with Crippen molar-refractivity contribution in [3.8, 4) is 5.75 Å². The van der Waals surface area contributed by atoms with Gasteiger partial charge in [-0.2, -0.15) is 0 Å². The largest absolute Gasteiger partial charge is 0.484 e. The van der Waals surface area contributed by atoms with E-state index < -0.39 is 0 Å². The molecule has 1 aromatic carbocycles. The number of likely N-dealkylation sites (N-methyl/N-ethyl adjacent to an activating group) is 1. The Morgan fingerprint density at radius 1 is 1.45 bits per heavy atom. The van der Waals surface area contributed by atoms with Crippen LogP contribution >= 0.6 is 12.2 Å². The fraction of sp³-hybridized carbons (Fsp3) is 0.467. The maximum absolute atomic E-state index is 11.9. The Bertz CT molecular complexity index is 475. The minimum atomic E-state index is -0.0869. The lowest BCUT2D eigenvalue weighted by Gasteiger charge is -2.17. The van der Waals surface area contributed by atoms with Crippen LogP contribution in [0.3, 0.4) is 0 Å². The average molecular weight is 294 g/mol. The van der Waals surface area contributed by atoms with Crippen LogP contribution in [0.1, 0.15) is 31.7 Å². The van der Waals surface area contributed by atoms with Gasteiger partial charge in [-0.1, -0.05) is 38.2 Å². The van der Waals surface area contributed by atoms with Crippen molar-refractivity contribution in [3.05, 3.63) is 29.8 Å². The predicted octanol–water partition coefficient (Wildman–Crippen LogP) is 2.32. The molecule has 5 heteroatoms. The molecule has 0 atom stereocenters.